The van der Waals surface area contributed by atoms with Gasteiger partial charge in [-0.05, 0) is 55.7 Å². The topological polar surface area (TPSA) is 105 Å². The maximum absolute atomic E-state index is 12.5. The molecule has 0 atom stereocenters. The van der Waals surface area contributed by atoms with E-state index in [4.69, 9.17) is 9.47 Å². The Bertz CT molecular complexity index is 1200. The minimum atomic E-state index is -3.55. The first-order valence-corrected chi connectivity index (χ1v) is 13.2. The number of fused-ring (bicyclic) bond motifs is 1. The summed E-state index contributed by atoms with van der Waals surface area (Å²) in [6.07, 6.45) is 3.05. The van der Waals surface area contributed by atoms with Gasteiger partial charge in [0.15, 0.2) is 11.5 Å². The van der Waals surface area contributed by atoms with Crippen molar-refractivity contribution in [2.24, 2.45) is 0 Å². The van der Waals surface area contributed by atoms with Gasteiger partial charge in [0.1, 0.15) is 13.2 Å². The van der Waals surface area contributed by atoms with Gasteiger partial charge < -0.3 is 19.7 Å². The maximum Gasteiger partial charge on any atom is 0.232 e. The van der Waals surface area contributed by atoms with Crippen molar-refractivity contribution in [3.63, 3.8) is 0 Å². The second-order valence-corrected chi connectivity index (χ2v) is 10.4. The van der Waals surface area contributed by atoms with Crippen LogP contribution < -0.4 is 24.0 Å². The average Bonchev–Trinajstić information content (AvgIpc) is 3.21. The number of aryl methyl sites for hydroxylation is 1. The highest BCUT2D eigenvalue weighted by molar-refractivity contribution is 7.92. The van der Waals surface area contributed by atoms with Crippen LogP contribution in [0.25, 0.3) is 0 Å². The minimum Gasteiger partial charge on any atom is -0.486 e. The number of nitrogens with one attached hydrogen (secondary N) is 1. The van der Waals surface area contributed by atoms with Crippen molar-refractivity contribution in [2.75, 3.05) is 47.1 Å². The summed E-state index contributed by atoms with van der Waals surface area (Å²) in [4.78, 5) is 26.3. The van der Waals surface area contributed by atoms with E-state index >= 15 is 0 Å². The fourth-order valence-electron chi connectivity index (χ4n) is 4.22. The van der Waals surface area contributed by atoms with Crippen molar-refractivity contribution in [3.8, 4) is 11.5 Å². The number of amides is 2. The van der Waals surface area contributed by atoms with Gasteiger partial charge >= 0.3 is 0 Å². The Morgan fingerprint density at radius 2 is 1.88 bits per heavy atom. The number of nitrogens with zero attached hydrogens (tertiary/aromatic N) is 2. The van der Waals surface area contributed by atoms with Gasteiger partial charge in [-0.2, -0.15) is 0 Å². The number of carbonyl (C=O) groups excluding carboxylic acids is 2. The number of rotatable bonds is 8. The molecule has 0 spiro atoms. The molecule has 182 valence electrons. The number of anilines is 3. The lowest BCUT2D eigenvalue weighted by molar-refractivity contribution is -0.117. The molecular weight excluding hydrogens is 458 g/mol. The number of benzene rings is 2. The molecule has 0 radical (unpaired) electrons. The predicted octanol–water partition coefficient (Wildman–Crippen LogP) is 3.08. The molecule has 1 fully saturated rings. The van der Waals surface area contributed by atoms with E-state index in [9.17, 15) is 18.0 Å². The van der Waals surface area contributed by atoms with Gasteiger partial charge in [0.2, 0.25) is 21.8 Å². The fraction of sp³-hybridized carbons (Fsp3) is 0.417. The average molecular weight is 488 g/mol. The van der Waals surface area contributed by atoms with E-state index in [1.165, 1.54) is 4.31 Å². The highest BCUT2D eigenvalue weighted by Crippen LogP contribution is 2.35. The van der Waals surface area contributed by atoms with Crippen molar-refractivity contribution in [1.29, 1.82) is 0 Å². The van der Waals surface area contributed by atoms with Crippen LogP contribution in [0.5, 0.6) is 11.5 Å². The molecule has 9 nitrogen and oxygen atoms in total. The Morgan fingerprint density at radius 1 is 1.12 bits per heavy atom. The quantitative estimate of drug-likeness (QED) is 0.614. The summed E-state index contributed by atoms with van der Waals surface area (Å²) in [7, 11) is -3.55. The van der Waals surface area contributed by atoms with Crippen LogP contribution in [0.15, 0.2) is 36.4 Å². The lowest BCUT2D eigenvalue weighted by Crippen LogP contribution is -2.31. The van der Waals surface area contributed by atoms with E-state index in [0.717, 1.165) is 23.9 Å². The van der Waals surface area contributed by atoms with Crippen LogP contribution in [0.4, 0.5) is 17.1 Å². The first kappa shape index (κ1) is 23.9. The second-order valence-electron chi connectivity index (χ2n) is 8.47. The van der Waals surface area contributed by atoms with Crippen molar-refractivity contribution in [2.45, 2.75) is 32.6 Å². The van der Waals surface area contributed by atoms with Gasteiger partial charge in [0, 0.05) is 43.4 Å². The highest BCUT2D eigenvalue weighted by atomic mass is 32.2. The van der Waals surface area contributed by atoms with Crippen LogP contribution in [0.1, 0.15) is 31.2 Å². The lowest BCUT2D eigenvalue weighted by Gasteiger charge is -2.25. The van der Waals surface area contributed by atoms with Gasteiger partial charge in [0.05, 0.1) is 11.9 Å². The number of hydrogen-bond acceptors (Lipinski definition) is 6. The zero-order valence-corrected chi connectivity index (χ0v) is 20.2. The third-order valence-corrected chi connectivity index (χ3v) is 7.02. The summed E-state index contributed by atoms with van der Waals surface area (Å²) in [6, 6.07) is 10.5. The number of carbonyl (C=O) groups is 2. The summed E-state index contributed by atoms with van der Waals surface area (Å²) in [5.74, 6) is 0.996. The molecule has 1 N–H and O–H groups in total. The standard InChI is InChI=1S/C24H29N3O6S/c1-17-15-18(7-9-20(17)26-11-4-6-24(26)29)25-23(28)5-3-12-27(34(2,30)31)19-8-10-21-22(16-19)33-14-13-32-21/h7-10,15-16H,3-6,11-14H2,1-2H3,(H,25,28). The zero-order valence-electron chi connectivity index (χ0n) is 19.4. The Hall–Kier alpha value is -3.27. The normalized spacial score (nSPS) is 15.4. The Kier molecular flexibility index (Phi) is 6.97. The molecule has 4 rings (SSSR count). The molecular formula is C24H29N3O6S. The van der Waals surface area contributed by atoms with Crippen molar-refractivity contribution < 1.29 is 27.5 Å². The van der Waals surface area contributed by atoms with Gasteiger partial charge in [-0.15, -0.1) is 0 Å². The predicted molar refractivity (Wildman–Crippen MR) is 130 cm³/mol. The molecule has 0 aliphatic carbocycles. The molecule has 10 heteroatoms. The van der Waals surface area contributed by atoms with E-state index in [0.29, 0.717) is 55.5 Å². The highest BCUT2D eigenvalue weighted by Gasteiger charge is 2.23. The Balaban J connectivity index is 1.35. The van der Waals surface area contributed by atoms with Crippen LogP contribution in [-0.2, 0) is 19.6 Å². The van der Waals surface area contributed by atoms with Crippen molar-refractivity contribution in [3.05, 3.63) is 42.0 Å². The summed E-state index contributed by atoms with van der Waals surface area (Å²) >= 11 is 0. The van der Waals surface area contributed by atoms with E-state index < -0.39 is 10.0 Å². The van der Waals surface area contributed by atoms with E-state index in [1.54, 1.807) is 29.2 Å². The third-order valence-electron chi connectivity index (χ3n) is 5.82. The van der Waals surface area contributed by atoms with Crippen LogP contribution in [-0.4, -0.2) is 52.8 Å². The number of sulfonamides is 1. The van der Waals surface area contributed by atoms with E-state index in [-0.39, 0.29) is 24.8 Å². The zero-order chi connectivity index (χ0) is 24.3. The molecule has 1 saturated heterocycles. The Labute approximate surface area is 199 Å². The lowest BCUT2D eigenvalue weighted by atomic mass is 10.1. The maximum atomic E-state index is 12.5. The molecule has 2 aromatic carbocycles. The molecule has 0 saturated carbocycles. The van der Waals surface area contributed by atoms with Crippen LogP contribution >= 0.6 is 0 Å². The number of hydrogen-bond donors (Lipinski definition) is 1. The van der Waals surface area contributed by atoms with Crippen LogP contribution in [0.2, 0.25) is 0 Å². The summed E-state index contributed by atoms with van der Waals surface area (Å²) in [6.45, 7) is 3.64. The van der Waals surface area contributed by atoms with Crippen LogP contribution in [0.3, 0.4) is 0 Å². The van der Waals surface area contributed by atoms with Gasteiger partial charge in [-0.1, -0.05) is 0 Å². The van der Waals surface area contributed by atoms with Crippen molar-refractivity contribution in [1.82, 2.24) is 0 Å². The fourth-order valence-corrected chi connectivity index (χ4v) is 5.18. The molecule has 0 aromatic heterocycles. The molecule has 2 aliphatic heterocycles. The summed E-state index contributed by atoms with van der Waals surface area (Å²) in [5, 5.41) is 2.86. The molecule has 0 bridgehead atoms. The smallest absolute Gasteiger partial charge is 0.232 e. The third kappa shape index (κ3) is 5.44. The second kappa shape index (κ2) is 9.92. The van der Waals surface area contributed by atoms with Gasteiger partial charge in [0.25, 0.3) is 0 Å². The minimum absolute atomic E-state index is 0.119. The molecule has 34 heavy (non-hydrogen) atoms. The molecule has 2 heterocycles. The Morgan fingerprint density at radius 3 is 2.56 bits per heavy atom. The van der Waals surface area contributed by atoms with Gasteiger partial charge in [-0.25, -0.2) is 8.42 Å². The van der Waals surface area contributed by atoms with E-state index in [1.807, 2.05) is 19.1 Å². The first-order valence-electron chi connectivity index (χ1n) is 11.3. The molecule has 2 amide bonds. The van der Waals surface area contributed by atoms with Gasteiger partial charge in [-0.3, -0.25) is 13.9 Å². The van der Waals surface area contributed by atoms with E-state index in [2.05, 4.69) is 5.32 Å². The van der Waals surface area contributed by atoms with Crippen molar-refractivity contribution >= 4 is 38.9 Å². The molecule has 2 aromatic rings. The summed E-state index contributed by atoms with van der Waals surface area (Å²) < 4.78 is 37.1. The molecule has 2 aliphatic rings. The monoisotopic (exact) mass is 487 g/mol. The van der Waals surface area contributed by atoms with Crippen LogP contribution in [0, 0.1) is 6.92 Å². The molecule has 0 unspecified atom stereocenters. The largest absolute Gasteiger partial charge is 0.486 e. The summed E-state index contributed by atoms with van der Waals surface area (Å²) in [5.41, 5.74) is 2.89. The SMILES string of the molecule is Cc1cc(NC(=O)CCCN(c2ccc3c(c2)OCCO3)S(C)(=O)=O)ccc1N1CCCC1=O. The first-order chi connectivity index (χ1) is 16.2. The number of ether oxygens (including phenoxy) is 2.